The van der Waals surface area contributed by atoms with Crippen molar-refractivity contribution < 1.29 is 4.79 Å². The first-order valence-corrected chi connectivity index (χ1v) is 8.23. The number of amides is 1. The average molecular weight is 334 g/mol. The molecule has 1 N–H and O–H groups in total. The normalized spacial score (nSPS) is 13.5. The molecule has 1 aliphatic rings. The van der Waals surface area contributed by atoms with Gasteiger partial charge in [-0.3, -0.25) is 9.80 Å². The molecule has 0 radical (unpaired) electrons. The summed E-state index contributed by atoms with van der Waals surface area (Å²) in [5, 5.41) is 9.06. The van der Waals surface area contributed by atoms with Crippen LogP contribution in [0.4, 0.5) is 11.4 Å². The quantitative estimate of drug-likeness (QED) is 0.652. The molecular weight excluding hydrogens is 312 g/mol. The largest absolute Gasteiger partial charge is 0.356 e. The maximum Gasteiger partial charge on any atom is 0.243 e. The van der Waals surface area contributed by atoms with E-state index in [0.29, 0.717) is 19.6 Å². The Morgan fingerprint density at radius 1 is 1.24 bits per heavy atom. The van der Waals surface area contributed by atoms with Gasteiger partial charge >= 0.3 is 0 Å². The predicted molar refractivity (Wildman–Crippen MR) is 103 cm³/mol. The molecule has 0 atom stereocenters. The maximum atomic E-state index is 12.0. The molecule has 0 saturated carbocycles. The van der Waals surface area contributed by atoms with Crippen LogP contribution in [0, 0.1) is 0 Å². The summed E-state index contributed by atoms with van der Waals surface area (Å²) in [4.78, 5) is 14.1. The molecule has 0 aliphatic carbocycles. The predicted octanol–water partition coefficient (Wildman–Crippen LogP) is 3.25. The van der Waals surface area contributed by atoms with Crippen molar-refractivity contribution in [1.82, 2.24) is 5.01 Å². The summed E-state index contributed by atoms with van der Waals surface area (Å²) >= 11 is 0. The van der Waals surface area contributed by atoms with Crippen LogP contribution in [-0.4, -0.2) is 30.7 Å². The van der Waals surface area contributed by atoms with Crippen LogP contribution in [0.5, 0.6) is 0 Å². The van der Waals surface area contributed by atoms with E-state index >= 15 is 0 Å². The first-order valence-electron chi connectivity index (χ1n) is 8.23. The molecule has 2 aromatic carbocycles. The monoisotopic (exact) mass is 334 g/mol. The van der Waals surface area contributed by atoms with Gasteiger partial charge in [0, 0.05) is 19.8 Å². The summed E-state index contributed by atoms with van der Waals surface area (Å²) in [6.45, 7) is 5.38. The van der Waals surface area contributed by atoms with Crippen LogP contribution in [0.15, 0.2) is 66.3 Å². The molecule has 5 heteroatoms. The second-order valence-electron chi connectivity index (χ2n) is 6.06. The Kier molecular flexibility index (Phi) is 5.14. The molecule has 0 unspecified atom stereocenters. The minimum absolute atomic E-state index is 0.0175. The van der Waals surface area contributed by atoms with Gasteiger partial charge in [-0.2, -0.15) is 5.10 Å². The Hall–Kier alpha value is -3.08. The molecule has 3 rings (SSSR count). The first-order chi connectivity index (χ1) is 12.2. The van der Waals surface area contributed by atoms with Gasteiger partial charge in [-0.05, 0) is 29.3 Å². The van der Waals surface area contributed by atoms with Crippen LogP contribution in [-0.2, 0) is 17.9 Å². The summed E-state index contributed by atoms with van der Waals surface area (Å²) in [5.74, 6) is 0.0175. The van der Waals surface area contributed by atoms with Gasteiger partial charge in [0.05, 0.1) is 24.5 Å². The molecule has 5 nitrogen and oxygen atoms in total. The highest BCUT2D eigenvalue weighted by atomic mass is 16.2. The van der Waals surface area contributed by atoms with E-state index < -0.39 is 0 Å². The molecule has 1 amide bonds. The Balaban J connectivity index is 1.84. The zero-order valence-electron chi connectivity index (χ0n) is 14.4. The van der Waals surface area contributed by atoms with Crippen LogP contribution >= 0.6 is 0 Å². The first kappa shape index (κ1) is 16.8. The molecule has 25 heavy (non-hydrogen) atoms. The van der Waals surface area contributed by atoms with Crippen molar-refractivity contribution >= 4 is 23.5 Å². The lowest BCUT2D eigenvalue weighted by Crippen LogP contribution is -2.37. The second-order valence-corrected chi connectivity index (χ2v) is 6.06. The van der Waals surface area contributed by atoms with Crippen LogP contribution in [0.25, 0.3) is 0 Å². The molecule has 1 heterocycles. The third kappa shape index (κ3) is 4.26. The number of fused-ring (bicyclic) bond motifs is 1. The van der Waals surface area contributed by atoms with E-state index in [1.54, 1.807) is 12.3 Å². The summed E-state index contributed by atoms with van der Waals surface area (Å²) in [7, 11) is 1.92. The van der Waals surface area contributed by atoms with Crippen molar-refractivity contribution in [2.24, 2.45) is 5.10 Å². The van der Waals surface area contributed by atoms with Crippen LogP contribution in [0.1, 0.15) is 11.1 Å². The lowest BCUT2D eigenvalue weighted by Gasteiger charge is -2.31. The van der Waals surface area contributed by atoms with E-state index in [4.69, 9.17) is 0 Å². The van der Waals surface area contributed by atoms with Gasteiger partial charge in [-0.15, -0.1) is 0 Å². The molecule has 1 aliphatic heterocycles. The van der Waals surface area contributed by atoms with Crippen molar-refractivity contribution in [2.45, 2.75) is 13.1 Å². The summed E-state index contributed by atoms with van der Waals surface area (Å²) < 4.78 is 0. The van der Waals surface area contributed by atoms with Gasteiger partial charge < -0.3 is 10.2 Å². The van der Waals surface area contributed by atoms with Crippen LogP contribution in [0.2, 0.25) is 0 Å². The third-order valence-electron chi connectivity index (χ3n) is 4.01. The standard InChI is InChI=1S/C20H22N4O/c1-3-11-21-23(2)13-17-9-10-18-19(12-17)24(15-20(25)22-18)14-16-7-5-4-6-8-16/h3-12H,1,13-15H2,2H3,(H,22,25)/b21-11-. The van der Waals surface area contributed by atoms with Crippen LogP contribution in [0.3, 0.4) is 0 Å². The minimum atomic E-state index is 0.0175. The van der Waals surface area contributed by atoms with Gasteiger partial charge in [0.15, 0.2) is 0 Å². The molecule has 0 saturated heterocycles. The number of nitrogens with zero attached hydrogens (tertiary/aromatic N) is 3. The Bertz CT molecular complexity index is 786. The number of allylic oxidation sites excluding steroid dienone is 1. The lowest BCUT2D eigenvalue weighted by molar-refractivity contribution is -0.115. The van der Waals surface area contributed by atoms with E-state index in [2.05, 4.69) is 40.1 Å². The average Bonchev–Trinajstić information content (AvgIpc) is 2.61. The molecule has 2 aromatic rings. The fraction of sp³-hybridized carbons (Fsp3) is 0.200. The van der Waals surface area contributed by atoms with E-state index in [1.807, 2.05) is 42.4 Å². The Labute approximate surface area is 148 Å². The number of hydrazone groups is 1. The van der Waals surface area contributed by atoms with E-state index in [9.17, 15) is 4.79 Å². The van der Waals surface area contributed by atoms with E-state index in [-0.39, 0.29) is 5.91 Å². The Morgan fingerprint density at radius 2 is 2.04 bits per heavy atom. The molecule has 0 fully saturated rings. The zero-order chi connectivity index (χ0) is 17.6. The molecule has 0 aromatic heterocycles. The number of hydrogen-bond donors (Lipinski definition) is 1. The van der Waals surface area contributed by atoms with Crippen LogP contribution < -0.4 is 10.2 Å². The lowest BCUT2D eigenvalue weighted by atomic mass is 10.1. The maximum absolute atomic E-state index is 12.0. The highest BCUT2D eigenvalue weighted by molar-refractivity contribution is 6.01. The highest BCUT2D eigenvalue weighted by Crippen LogP contribution is 2.32. The highest BCUT2D eigenvalue weighted by Gasteiger charge is 2.22. The number of rotatable bonds is 6. The van der Waals surface area contributed by atoms with E-state index in [1.165, 1.54) is 5.56 Å². The van der Waals surface area contributed by atoms with Gasteiger partial charge in [-0.1, -0.05) is 43.0 Å². The SMILES string of the molecule is C=C/C=N\N(C)Cc1ccc2c(c1)N(Cc1ccccc1)CC(=O)N2. The summed E-state index contributed by atoms with van der Waals surface area (Å²) in [6, 6.07) is 16.3. The molecule has 128 valence electrons. The molecule has 0 bridgehead atoms. The third-order valence-corrected chi connectivity index (χ3v) is 4.01. The number of hydrogen-bond acceptors (Lipinski definition) is 4. The number of carbonyl (C=O) groups excluding carboxylic acids is 1. The smallest absolute Gasteiger partial charge is 0.243 e. The molecule has 0 spiro atoms. The topological polar surface area (TPSA) is 47.9 Å². The number of nitrogens with one attached hydrogen (secondary N) is 1. The minimum Gasteiger partial charge on any atom is -0.356 e. The van der Waals surface area contributed by atoms with Gasteiger partial charge in [0.1, 0.15) is 0 Å². The fourth-order valence-electron chi connectivity index (χ4n) is 2.90. The zero-order valence-corrected chi connectivity index (χ0v) is 14.4. The summed E-state index contributed by atoms with van der Waals surface area (Å²) in [5.41, 5.74) is 4.22. The van der Waals surface area contributed by atoms with Crippen molar-refractivity contribution in [3.8, 4) is 0 Å². The van der Waals surface area contributed by atoms with Gasteiger partial charge in [0.2, 0.25) is 5.91 Å². The van der Waals surface area contributed by atoms with Crippen molar-refractivity contribution in [3.05, 3.63) is 72.3 Å². The Morgan fingerprint density at radius 3 is 2.80 bits per heavy atom. The van der Waals surface area contributed by atoms with E-state index in [0.717, 1.165) is 16.9 Å². The summed E-state index contributed by atoms with van der Waals surface area (Å²) in [6.07, 6.45) is 3.32. The van der Waals surface area contributed by atoms with Crippen molar-refractivity contribution in [1.29, 1.82) is 0 Å². The number of carbonyl (C=O) groups is 1. The van der Waals surface area contributed by atoms with Gasteiger partial charge in [0.25, 0.3) is 0 Å². The molecular formula is C20H22N4O. The van der Waals surface area contributed by atoms with Crippen molar-refractivity contribution in [3.63, 3.8) is 0 Å². The number of benzene rings is 2. The fourth-order valence-corrected chi connectivity index (χ4v) is 2.90. The van der Waals surface area contributed by atoms with Gasteiger partial charge in [-0.25, -0.2) is 0 Å². The number of anilines is 2. The second kappa shape index (κ2) is 7.66. The van der Waals surface area contributed by atoms with Crippen molar-refractivity contribution in [2.75, 3.05) is 23.8 Å².